The highest BCUT2D eigenvalue weighted by molar-refractivity contribution is 5.87. The van der Waals surface area contributed by atoms with E-state index in [0.717, 1.165) is 5.56 Å². The molecule has 120 valence electrons. The standard InChI is InChI=1S/C15H20N2O5/c1-2-6-12(14(20)16-9-13(18)19)17-15(21)22-10-11-7-4-3-5-8-11/h3-5,7-8,12H,2,6,9-10H2,1H3,(H,16,20)(H,17,21)(H,18,19). The second kappa shape index (κ2) is 9.38. The van der Waals surface area contributed by atoms with E-state index >= 15 is 0 Å². The number of hydrogen-bond acceptors (Lipinski definition) is 4. The summed E-state index contributed by atoms with van der Waals surface area (Å²) in [7, 11) is 0. The van der Waals surface area contributed by atoms with Crippen LogP contribution in [0.25, 0.3) is 0 Å². The Balaban J connectivity index is 2.45. The summed E-state index contributed by atoms with van der Waals surface area (Å²) in [5, 5.41) is 13.2. The lowest BCUT2D eigenvalue weighted by molar-refractivity contribution is -0.138. The first kappa shape index (κ1) is 17.5. The number of carbonyl (C=O) groups excluding carboxylic acids is 2. The zero-order valence-electron chi connectivity index (χ0n) is 12.4. The molecule has 1 aromatic carbocycles. The van der Waals surface area contributed by atoms with E-state index in [1.807, 2.05) is 37.3 Å². The van der Waals surface area contributed by atoms with Crippen LogP contribution < -0.4 is 10.6 Å². The first-order chi connectivity index (χ1) is 10.5. The first-order valence-electron chi connectivity index (χ1n) is 6.99. The molecule has 0 spiro atoms. The van der Waals surface area contributed by atoms with Gasteiger partial charge in [-0.25, -0.2) is 4.79 Å². The van der Waals surface area contributed by atoms with Crippen LogP contribution in [0.5, 0.6) is 0 Å². The Morgan fingerprint density at radius 1 is 1.23 bits per heavy atom. The van der Waals surface area contributed by atoms with Crippen LogP contribution in [0, 0.1) is 0 Å². The molecule has 3 N–H and O–H groups in total. The second-order valence-electron chi connectivity index (χ2n) is 4.66. The summed E-state index contributed by atoms with van der Waals surface area (Å²) >= 11 is 0. The van der Waals surface area contributed by atoms with Crippen molar-refractivity contribution in [3.8, 4) is 0 Å². The van der Waals surface area contributed by atoms with Gasteiger partial charge in [-0.2, -0.15) is 0 Å². The zero-order chi connectivity index (χ0) is 16.4. The Bertz CT molecular complexity index is 504. The Morgan fingerprint density at radius 2 is 1.91 bits per heavy atom. The van der Waals surface area contributed by atoms with Crippen LogP contribution in [0.3, 0.4) is 0 Å². The lowest BCUT2D eigenvalue weighted by atomic mass is 10.1. The Hall–Kier alpha value is -2.57. The quantitative estimate of drug-likeness (QED) is 0.671. The number of rotatable bonds is 8. The van der Waals surface area contributed by atoms with Crippen molar-refractivity contribution in [2.24, 2.45) is 0 Å². The molecule has 7 heteroatoms. The van der Waals surface area contributed by atoms with Crippen molar-refractivity contribution in [2.45, 2.75) is 32.4 Å². The van der Waals surface area contributed by atoms with Gasteiger partial charge < -0.3 is 20.5 Å². The fraction of sp³-hybridized carbons (Fsp3) is 0.400. The van der Waals surface area contributed by atoms with E-state index in [9.17, 15) is 14.4 Å². The molecule has 22 heavy (non-hydrogen) atoms. The number of carboxylic acid groups (broad SMARTS) is 1. The predicted molar refractivity (Wildman–Crippen MR) is 79.1 cm³/mol. The summed E-state index contributed by atoms with van der Waals surface area (Å²) in [6.45, 7) is 1.47. The van der Waals surface area contributed by atoms with Gasteiger partial charge in [0, 0.05) is 0 Å². The Kier molecular flexibility index (Phi) is 7.45. The number of hydrogen-bond donors (Lipinski definition) is 3. The molecule has 1 atom stereocenters. The van der Waals surface area contributed by atoms with E-state index in [4.69, 9.17) is 9.84 Å². The van der Waals surface area contributed by atoms with Crippen LogP contribution in [-0.2, 0) is 20.9 Å². The molecule has 0 aliphatic rings. The maximum atomic E-state index is 11.8. The highest BCUT2D eigenvalue weighted by Crippen LogP contribution is 2.02. The molecule has 0 saturated carbocycles. The van der Waals surface area contributed by atoms with Gasteiger partial charge in [-0.15, -0.1) is 0 Å². The molecule has 0 radical (unpaired) electrons. The van der Waals surface area contributed by atoms with E-state index in [0.29, 0.717) is 12.8 Å². The molecule has 2 amide bonds. The van der Waals surface area contributed by atoms with E-state index < -0.39 is 30.6 Å². The van der Waals surface area contributed by atoms with Crippen LogP contribution in [-0.4, -0.2) is 35.7 Å². The lowest BCUT2D eigenvalue weighted by Crippen LogP contribution is -2.47. The molecule has 0 fully saturated rings. The van der Waals surface area contributed by atoms with Gasteiger partial charge in [0.05, 0.1) is 0 Å². The van der Waals surface area contributed by atoms with Gasteiger partial charge in [0.15, 0.2) is 0 Å². The van der Waals surface area contributed by atoms with E-state index in [1.165, 1.54) is 0 Å². The molecule has 0 aliphatic heterocycles. The SMILES string of the molecule is CCCC(NC(=O)OCc1ccccc1)C(=O)NCC(=O)O. The number of carboxylic acids is 1. The first-order valence-corrected chi connectivity index (χ1v) is 6.99. The molecule has 7 nitrogen and oxygen atoms in total. The van der Waals surface area contributed by atoms with Crippen molar-refractivity contribution in [1.29, 1.82) is 0 Å². The van der Waals surface area contributed by atoms with Crippen LogP contribution >= 0.6 is 0 Å². The number of nitrogens with one attached hydrogen (secondary N) is 2. The van der Waals surface area contributed by atoms with Gasteiger partial charge in [0.1, 0.15) is 19.2 Å². The fourth-order valence-electron chi connectivity index (χ4n) is 1.75. The van der Waals surface area contributed by atoms with Crippen molar-refractivity contribution in [1.82, 2.24) is 10.6 Å². The molecule has 0 saturated heterocycles. The number of amides is 2. The minimum absolute atomic E-state index is 0.0995. The molecule has 0 aromatic heterocycles. The Labute approximate surface area is 128 Å². The minimum atomic E-state index is -1.14. The molecule has 1 unspecified atom stereocenters. The largest absolute Gasteiger partial charge is 0.480 e. The van der Waals surface area contributed by atoms with Crippen LogP contribution in [0.4, 0.5) is 4.79 Å². The zero-order valence-corrected chi connectivity index (χ0v) is 12.4. The average Bonchev–Trinajstić information content (AvgIpc) is 2.51. The lowest BCUT2D eigenvalue weighted by Gasteiger charge is -2.17. The average molecular weight is 308 g/mol. The highest BCUT2D eigenvalue weighted by Gasteiger charge is 2.20. The van der Waals surface area contributed by atoms with Gasteiger partial charge in [-0.05, 0) is 12.0 Å². The summed E-state index contributed by atoms with van der Waals surface area (Å²) in [5.41, 5.74) is 0.833. The maximum Gasteiger partial charge on any atom is 0.408 e. The van der Waals surface area contributed by atoms with E-state index in [1.54, 1.807) is 0 Å². The van der Waals surface area contributed by atoms with Crippen molar-refractivity contribution in [2.75, 3.05) is 6.54 Å². The van der Waals surface area contributed by atoms with Crippen molar-refractivity contribution in [3.05, 3.63) is 35.9 Å². The number of benzene rings is 1. The van der Waals surface area contributed by atoms with Crippen LogP contribution in [0.1, 0.15) is 25.3 Å². The van der Waals surface area contributed by atoms with Gasteiger partial charge >= 0.3 is 12.1 Å². The third-order valence-corrected chi connectivity index (χ3v) is 2.81. The summed E-state index contributed by atoms with van der Waals surface area (Å²) < 4.78 is 5.03. The topological polar surface area (TPSA) is 105 Å². The highest BCUT2D eigenvalue weighted by atomic mass is 16.5. The fourth-order valence-corrected chi connectivity index (χ4v) is 1.75. The summed E-state index contributed by atoms with van der Waals surface area (Å²) in [6.07, 6.45) is 0.337. The van der Waals surface area contributed by atoms with E-state index in [2.05, 4.69) is 10.6 Å². The predicted octanol–water partition coefficient (Wildman–Crippen LogP) is 1.28. The molecule has 1 rings (SSSR count). The number of ether oxygens (including phenoxy) is 1. The van der Waals surface area contributed by atoms with Crippen LogP contribution in [0.15, 0.2) is 30.3 Å². The third-order valence-electron chi connectivity index (χ3n) is 2.81. The number of aliphatic carboxylic acids is 1. The molecule has 1 aromatic rings. The van der Waals surface area contributed by atoms with Gasteiger partial charge in [-0.3, -0.25) is 9.59 Å². The normalized spacial score (nSPS) is 11.3. The summed E-state index contributed by atoms with van der Waals surface area (Å²) in [5.74, 6) is -1.68. The van der Waals surface area contributed by atoms with E-state index in [-0.39, 0.29) is 6.61 Å². The summed E-state index contributed by atoms with van der Waals surface area (Å²) in [4.78, 5) is 34.0. The third kappa shape index (κ3) is 6.74. The number of carbonyl (C=O) groups is 3. The molecule has 0 bridgehead atoms. The van der Waals surface area contributed by atoms with Crippen molar-refractivity contribution in [3.63, 3.8) is 0 Å². The van der Waals surface area contributed by atoms with Gasteiger partial charge in [0.25, 0.3) is 0 Å². The molecule has 0 aliphatic carbocycles. The molecular formula is C15H20N2O5. The maximum absolute atomic E-state index is 11.8. The second-order valence-corrected chi connectivity index (χ2v) is 4.66. The monoisotopic (exact) mass is 308 g/mol. The van der Waals surface area contributed by atoms with Crippen LogP contribution in [0.2, 0.25) is 0 Å². The van der Waals surface area contributed by atoms with Gasteiger partial charge in [0.2, 0.25) is 5.91 Å². The smallest absolute Gasteiger partial charge is 0.408 e. The Morgan fingerprint density at radius 3 is 2.50 bits per heavy atom. The number of alkyl carbamates (subject to hydrolysis) is 1. The van der Waals surface area contributed by atoms with Crippen molar-refractivity contribution >= 4 is 18.0 Å². The molecular weight excluding hydrogens is 288 g/mol. The minimum Gasteiger partial charge on any atom is -0.480 e. The summed E-state index contributed by atoms with van der Waals surface area (Å²) in [6, 6.07) is 8.33. The van der Waals surface area contributed by atoms with Gasteiger partial charge in [-0.1, -0.05) is 43.7 Å². The molecule has 0 heterocycles. The van der Waals surface area contributed by atoms with Crippen molar-refractivity contribution < 1.29 is 24.2 Å².